The summed E-state index contributed by atoms with van der Waals surface area (Å²) in [4.78, 5) is 27.4. The Morgan fingerprint density at radius 3 is 2.83 bits per heavy atom. The topological polar surface area (TPSA) is 63.1 Å². The Kier molecular flexibility index (Phi) is 5.69. The number of piperidine rings is 1. The van der Waals surface area contributed by atoms with Crippen LogP contribution < -0.4 is 19.9 Å². The zero-order valence-corrected chi connectivity index (χ0v) is 14.1. The summed E-state index contributed by atoms with van der Waals surface area (Å²) in [6, 6.07) is 7.32. The molecule has 0 saturated carbocycles. The van der Waals surface area contributed by atoms with Crippen molar-refractivity contribution < 1.29 is 19.2 Å². The number of rotatable bonds is 6. The second-order valence-corrected chi connectivity index (χ2v) is 6.50. The highest BCUT2D eigenvalue weighted by Crippen LogP contribution is 2.30. The van der Waals surface area contributed by atoms with Gasteiger partial charge in [-0.3, -0.25) is 14.5 Å². The third-order valence-corrected chi connectivity index (χ3v) is 4.70. The van der Waals surface area contributed by atoms with Crippen molar-refractivity contribution in [2.75, 3.05) is 44.2 Å². The van der Waals surface area contributed by atoms with Gasteiger partial charge in [-0.15, -0.1) is 0 Å². The summed E-state index contributed by atoms with van der Waals surface area (Å²) in [5.74, 6) is 0.355. The first-order valence-corrected chi connectivity index (χ1v) is 8.86. The molecule has 0 spiro atoms. The first-order valence-electron chi connectivity index (χ1n) is 8.86. The Morgan fingerprint density at radius 2 is 2.00 bits per heavy atom. The molecule has 1 fully saturated rings. The highest BCUT2D eigenvalue weighted by molar-refractivity contribution is 6.02. The Bertz CT molecular complexity index is 585. The van der Waals surface area contributed by atoms with Gasteiger partial charge in [-0.05, 0) is 31.4 Å². The summed E-state index contributed by atoms with van der Waals surface area (Å²) in [6.45, 7) is 4.33. The lowest BCUT2D eigenvalue weighted by atomic mass is 10.1. The van der Waals surface area contributed by atoms with Gasteiger partial charge in [0.15, 0.2) is 6.61 Å². The monoisotopic (exact) mass is 332 g/mol. The minimum atomic E-state index is -0.179. The number of quaternary nitrogens is 1. The van der Waals surface area contributed by atoms with Crippen molar-refractivity contribution in [2.24, 2.45) is 0 Å². The fraction of sp³-hybridized carbons (Fsp3) is 0.556. The van der Waals surface area contributed by atoms with Gasteiger partial charge in [0.2, 0.25) is 5.91 Å². The largest absolute Gasteiger partial charge is 0.482 e. The molecule has 2 aliphatic rings. The number of benzene rings is 1. The van der Waals surface area contributed by atoms with Gasteiger partial charge in [0.25, 0.3) is 5.91 Å². The van der Waals surface area contributed by atoms with Crippen LogP contribution in [-0.4, -0.2) is 51.1 Å². The summed E-state index contributed by atoms with van der Waals surface area (Å²) in [5.41, 5.74) is 0.668. The van der Waals surface area contributed by atoms with Gasteiger partial charge in [0.05, 0.1) is 25.3 Å². The van der Waals surface area contributed by atoms with E-state index in [9.17, 15) is 9.59 Å². The van der Waals surface area contributed by atoms with Crippen molar-refractivity contribution >= 4 is 17.5 Å². The summed E-state index contributed by atoms with van der Waals surface area (Å²) in [6.07, 6.45) is 4.98. The predicted octanol–water partition coefficient (Wildman–Crippen LogP) is -0.0129. The number of para-hydroxylation sites is 2. The average Bonchev–Trinajstić information content (AvgIpc) is 2.62. The number of likely N-dealkylation sites (tertiary alicyclic amines) is 1. The van der Waals surface area contributed by atoms with Gasteiger partial charge in [-0.2, -0.15) is 0 Å². The van der Waals surface area contributed by atoms with Crippen molar-refractivity contribution in [3.63, 3.8) is 0 Å². The van der Waals surface area contributed by atoms with Gasteiger partial charge in [0.1, 0.15) is 12.3 Å². The number of carbonyl (C=O) groups excluding carboxylic acids is 2. The predicted molar refractivity (Wildman–Crippen MR) is 91.3 cm³/mol. The van der Waals surface area contributed by atoms with Crippen LogP contribution in [0.5, 0.6) is 5.75 Å². The average molecular weight is 332 g/mol. The fourth-order valence-corrected chi connectivity index (χ4v) is 3.39. The lowest BCUT2D eigenvalue weighted by molar-refractivity contribution is -0.904. The van der Waals surface area contributed by atoms with Crippen LogP contribution in [0.2, 0.25) is 0 Å². The van der Waals surface area contributed by atoms with Crippen molar-refractivity contribution in [3.8, 4) is 5.75 Å². The molecule has 0 aromatic heterocycles. The van der Waals surface area contributed by atoms with E-state index in [1.165, 1.54) is 37.3 Å². The maximum Gasteiger partial charge on any atom is 0.265 e. The molecule has 0 aliphatic carbocycles. The van der Waals surface area contributed by atoms with Gasteiger partial charge in [0, 0.05) is 13.0 Å². The third kappa shape index (κ3) is 4.26. The van der Waals surface area contributed by atoms with Crippen LogP contribution in [0.1, 0.15) is 25.7 Å². The Labute approximate surface area is 142 Å². The lowest BCUT2D eigenvalue weighted by Crippen LogP contribution is -3.12. The number of hydrogen-bond donors (Lipinski definition) is 2. The zero-order chi connectivity index (χ0) is 16.8. The van der Waals surface area contributed by atoms with Crippen LogP contribution in [0.15, 0.2) is 24.3 Å². The Morgan fingerprint density at radius 1 is 1.21 bits per heavy atom. The highest BCUT2D eigenvalue weighted by Gasteiger charge is 2.26. The minimum Gasteiger partial charge on any atom is -0.482 e. The molecule has 2 amide bonds. The first-order chi connectivity index (χ1) is 11.7. The van der Waals surface area contributed by atoms with E-state index in [1.54, 1.807) is 11.0 Å². The number of carbonyl (C=O) groups is 2. The number of ether oxygens (including phenoxy) is 1. The summed E-state index contributed by atoms with van der Waals surface area (Å²) in [7, 11) is 0. The quantitative estimate of drug-likeness (QED) is 0.720. The van der Waals surface area contributed by atoms with Crippen LogP contribution in [0.3, 0.4) is 0 Å². The molecule has 2 aliphatic heterocycles. The normalized spacial score (nSPS) is 18.0. The maximum absolute atomic E-state index is 12.2. The lowest BCUT2D eigenvalue weighted by Gasteiger charge is -2.28. The Balaban J connectivity index is 1.44. The smallest absolute Gasteiger partial charge is 0.265 e. The van der Waals surface area contributed by atoms with Gasteiger partial charge in [-0.25, -0.2) is 0 Å². The van der Waals surface area contributed by atoms with E-state index in [0.29, 0.717) is 18.0 Å². The van der Waals surface area contributed by atoms with Crippen LogP contribution in [0.4, 0.5) is 5.69 Å². The van der Waals surface area contributed by atoms with Crippen molar-refractivity contribution in [2.45, 2.75) is 25.7 Å². The van der Waals surface area contributed by atoms with Gasteiger partial charge >= 0.3 is 0 Å². The summed E-state index contributed by atoms with van der Waals surface area (Å²) in [5, 5.41) is 2.93. The summed E-state index contributed by atoms with van der Waals surface area (Å²) < 4.78 is 5.39. The molecule has 0 bridgehead atoms. The Hall–Kier alpha value is -2.08. The van der Waals surface area contributed by atoms with Gasteiger partial charge in [-0.1, -0.05) is 12.1 Å². The summed E-state index contributed by atoms with van der Waals surface area (Å²) >= 11 is 0. The van der Waals surface area contributed by atoms with Crippen LogP contribution in [0, 0.1) is 0 Å². The van der Waals surface area contributed by atoms with E-state index in [-0.39, 0.29) is 25.0 Å². The number of amides is 2. The van der Waals surface area contributed by atoms with E-state index >= 15 is 0 Å². The van der Waals surface area contributed by atoms with E-state index in [2.05, 4.69) is 5.32 Å². The molecule has 1 aromatic carbocycles. The van der Waals surface area contributed by atoms with Gasteiger partial charge < -0.3 is 15.0 Å². The number of nitrogens with one attached hydrogen (secondary N) is 2. The number of hydrogen-bond acceptors (Lipinski definition) is 3. The minimum absolute atomic E-state index is 0.0113. The molecule has 0 atom stereocenters. The third-order valence-electron chi connectivity index (χ3n) is 4.70. The van der Waals surface area contributed by atoms with E-state index in [0.717, 1.165) is 13.0 Å². The van der Waals surface area contributed by atoms with E-state index in [4.69, 9.17) is 4.74 Å². The molecule has 0 radical (unpaired) electrons. The van der Waals surface area contributed by atoms with E-state index in [1.807, 2.05) is 18.2 Å². The highest BCUT2D eigenvalue weighted by atomic mass is 16.5. The van der Waals surface area contributed by atoms with Crippen molar-refractivity contribution in [3.05, 3.63) is 24.3 Å². The first kappa shape index (κ1) is 16.8. The molecular weight excluding hydrogens is 306 g/mol. The second kappa shape index (κ2) is 8.15. The SMILES string of the molecule is O=C(CN1C(=O)COc2ccccc21)NCCC[NH+]1CCCCC1. The van der Waals surface area contributed by atoms with Crippen LogP contribution in [0.25, 0.3) is 0 Å². The molecule has 130 valence electrons. The molecule has 1 aromatic rings. The molecule has 2 N–H and O–H groups in total. The number of anilines is 1. The molecule has 6 heteroatoms. The molecule has 6 nitrogen and oxygen atoms in total. The number of fused-ring (bicyclic) bond motifs is 1. The van der Waals surface area contributed by atoms with Crippen molar-refractivity contribution in [1.82, 2.24) is 5.32 Å². The molecule has 3 rings (SSSR count). The van der Waals surface area contributed by atoms with Crippen molar-refractivity contribution in [1.29, 1.82) is 0 Å². The van der Waals surface area contributed by atoms with Crippen LogP contribution >= 0.6 is 0 Å². The fourth-order valence-electron chi connectivity index (χ4n) is 3.39. The molecule has 24 heavy (non-hydrogen) atoms. The number of nitrogens with zero attached hydrogens (tertiary/aromatic N) is 1. The molecular formula is C18H26N3O3+. The second-order valence-electron chi connectivity index (χ2n) is 6.50. The standard InChI is InChI=1S/C18H25N3O3/c22-17(19-9-6-12-20-10-4-1-5-11-20)13-21-15-7-2-3-8-16(15)24-14-18(21)23/h2-3,7-8H,1,4-6,9-14H2,(H,19,22)/p+1. The van der Waals surface area contributed by atoms with E-state index < -0.39 is 0 Å². The zero-order valence-electron chi connectivity index (χ0n) is 14.1. The molecule has 1 saturated heterocycles. The molecule has 2 heterocycles. The van der Waals surface area contributed by atoms with Crippen LogP contribution in [-0.2, 0) is 9.59 Å². The maximum atomic E-state index is 12.2. The molecule has 0 unspecified atom stereocenters.